The number of halogens is 1. The summed E-state index contributed by atoms with van der Waals surface area (Å²) in [4.78, 5) is 59.8. The van der Waals surface area contributed by atoms with Crippen molar-refractivity contribution in [2.45, 2.75) is 71.4 Å². The number of esters is 4. The first kappa shape index (κ1) is 32.0. The van der Waals surface area contributed by atoms with E-state index in [4.69, 9.17) is 28.4 Å². The Hall–Kier alpha value is -4.52. The van der Waals surface area contributed by atoms with Gasteiger partial charge in [0.2, 0.25) is 12.4 Å². The molecule has 0 radical (unpaired) electrons. The third-order valence-electron chi connectivity index (χ3n) is 6.03. The second-order valence-corrected chi connectivity index (χ2v) is 9.46. The molecule has 6 atom stereocenters. The molecule has 1 heterocycles. The molecule has 1 fully saturated rings. The second kappa shape index (κ2) is 14.4. The third-order valence-corrected chi connectivity index (χ3v) is 6.03. The standard InChI is InChI=1S/C29H32FNO11/c1-15(31-28(36)21-6-10-22(30)11-7-21)20-8-12-23(13-9-20)41-29-27(40-19(5)35)26(39-18(4)34)25(38-17(3)33)24(42-29)14-37-16(2)32/h6-13,15,24-27,29H,14H2,1-5H3,(H,31,36). The molecule has 0 bridgehead atoms. The molecule has 2 aromatic carbocycles. The zero-order valence-corrected chi connectivity index (χ0v) is 23.7. The number of benzene rings is 2. The molecule has 1 aliphatic rings. The predicted molar refractivity (Wildman–Crippen MR) is 141 cm³/mol. The van der Waals surface area contributed by atoms with Gasteiger partial charge >= 0.3 is 23.9 Å². The van der Waals surface area contributed by atoms with E-state index in [2.05, 4.69) is 5.32 Å². The van der Waals surface area contributed by atoms with Crippen molar-refractivity contribution in [2.24, 2.45) is 0 Å². The number of ether oxygens (including phenoxy) is 6. The van der Waals surface area contributed by atoms with Crippen LogP contribution in [0.5, 0.6) is 5.75 Å². The summed E-state index contributed by atoms with van der Waals surface area (Å²) < 4.78 is 46.3. The zero-order valence-electron chi connectivity index (χ0n) is 23.7. The van der Waals surface area contributed by atoms with E-state index in [-0.39, 0.29) is 18.3 Å². The fraction of sp³-hybridized carbons (Fsp3) is 0.414. The van der Waals surface area contributed by atoms with Crippen molar-refractivity contribution in [3.63, 3.8) is 0 Å². The molecule has 1 aliphatic heterocycles. The minimum atomic E-state index is -1.38. The first-order chi connectivity index (χ1) is 19.8. The van der Waals surface area contributed by atoms with Crippen LogP contribution < -0.4 is 10.1 Å². The molecule has 0 aliphatic carbocycles. The molecule has 226 valence electrons. The average molecular weight is 590 g/mol. The Kier molecular flexibility index (Phi) is 11.0. The minimum Gasteiger partial charge on any atom is -0.463 e. The molecule has 0 spiro atoms. The topological polar surface area (TPSA) is 153 Å². The highest BCUT2D eigenvalue weighted by Crippen LogP contribution is 2.31. The Morgan fingerprint density at radius 3 is 1.88 bits per heavy atom. The van der Waals surface area contributed by atoms with Crippen LogP contribution in [0.1, 0.15) is 56.6 Å². The Labute approximate surface area is 241 Å². The molecule has 0 aromatic heterocycles. The van der Waals surface area contributed by atoms with Crippen LogP contribution >= 0.6 is 0 Å². The number of hydrogen-bond acceptors (Lipinski definition) is 11. The highest BCUT2D eigenvalue weighted by atomic mass is 19.1. The summed E-state index contributed by atoms with van der Waals surface area (Å²) in [6.45, 7) is 5.93. The van der Waals surface area contributed by atoms with Gasteiger partial charge in [0, 0.05) is 33.3 Å². The molecule has 13 heteroatoms. The van der Waals surface area contributed by atoms with Gasteiger partial charge < -0.3 is 33.7 Å². The summed E-state index contributed by atoms with van der Waals surface area (Å²) in [6, 6.07) is 11.2. The largest absolute Gasteiger partial charge is 0.463 e. The summed E-state index contributed by atoms with van der Waals surface area (Å²) in [7, 11) is 0. The molecule has 6 unspecified atom stereocenters. The quantitative estimate of drug-likeness (QED) is 0.322. The van der Waals surface area contributed by atoms with Gasteiger partial charge in [-0.15, -0.1) is 0 Å². The molecule has 42 heavy (non-hydrogen) atoms. The Morgan fingerprint density at radius 1 is 0.786 bits per heavy atom. The van der Waals surface area contributed by atoms with Crippen LogP contribution in [0.2, 0.25) is 0 Å². The molecule has 1 amide bonds. The molecule has 12 nitrogen and oxygen atoms in total. The van der Waals surface area contributed by atoms with Crippen LogP contribution in [0.25, 0.3) is 0 Å². The van der Waals surface area contributed by atoms with E-state index in [1.54, 1.807) is 31.2 Å². The van der Waals surface area contributed by atoms with E-state index in [0.717, 1.165) is 20.8 Å². The molecular weight excluding hydrogens is 557 g/mol. The SMILES string of the molecule is CC(=O)OCC1OC(Oc2ccc(C(C)NC(=O)c3ccc(F)cc3)cc2)C(OC(C)=O)C(OC(C)=O)C1OC(C)=O. The maximum Gasteiger partial charge on any atom is 0.303 e. The summed E-state index contributed by atoms with van der Waals surface area (Å²) >= 11 is 0. The van der Waals surface area contributed by atoms with E-state index < -0.39 is 66.4 Å². The lowest BCUT2D eigenvalue weighted by atomic mass is 9.98. The monoisotopic (exact) mass is 589 g/mol. The molecule has 2 aromatic rings. The number of rotatable bonds is 10. The normalized spacial score (nSPS) is 22.2. The summed E-state index contributed by atoms with van der Waals surface area (Å²) in [5.74, 6) is -3.49. The molecule has 3 rings (SSSR count). The second-order valence-electron chi connectivity index (χ2n) is 9.46. The smallest absolute Gasteiger partial charge is 0.303 e. The number of nitrogens with one attached hydrogen (secondary N) is 1. The number of amides is 1. The third kappa shape index (κ3) is 8.99. The number of carbonyl (C=O) groups excluding carboxylic acids is 5. The van der Waals surface area contributed by atoms with E-state index in [1.165, 1.54) is 31.2 Å². The fourth-order valence-corrected chi connectivity index (χ4v) is 4.22. The van der Waals surface area contributed by atoms with E-state index >= 15 is 0 Å². The fourth-order valence-electron chi connectivity index (χ4n) is 4.22. The average Bonchev–Trinajstić information content (AvgIpc) is 2.90. The van der Waals surface area contributed by atoms with Gasteiger partial charge in [-0.25, -0.2) is 4.39 Å². The first-order valence-electron chi connectivity index (χ1n) is 13.0. The van der Waals surface area contributed by atoms with Crippen LogP contribution in [0.3, 0.4) is 0 Å². The van der Waals surface area contributed by atoms with Gasteiger partial charge in [-0.1, -0.05) is 12.1 Å². The van der Waals surface area contributed by atoms with Gasteiger partial charge in [0.05, 0.1) is 6.04 Å². The van der Waals surface area contributed by atoms with E-state index in [1.807, 2.05) is 0 Å². The van der Waals surface area contributed by atoms with E-state index in [0.29, 0.717) is 11.1 Å². The molecule has 1 N–H and O–H groups in total. The van der Waals surface area contributed by atoms with Gasteiger partial charge in [-0.05, 0) is 48.9 Å². The van der Waals surface area contributed by atoms with Crippen molar-refractivity contribution >= 4 is 29.8 Å². The van der Waals surface area contributed by atoms with E-state index in [9.17, 15) is 28.4 Å². The predicted octanol–water partition coefficient (Wildman–Crippen LogP) is 2.78. The lowest BCUT2D eigenvalue weighted by Gasteiger charge is -2.43. The van der Waals surface area contributed by atoms with Crippen LogP contribution in [0.4, 0.5) is 4.39 Å². The molecule has 1 saturated heterocycles. The minimum absolute atomic E-state index is 0.247. The zero-order chi connectivity index (χ0) is 31.0. The van der Waals surface area contributed by atoms with Crippen molar-refractivity contribution in [1.82, 2.24) is 5.32 Å². The highest BCUT2D eigenvalue weighted by molar-refractivity contribution is 5.94. The molecular formula is C29H32FNO11. The Bertz CT molecular complexity index is 1280. The van der Waals surface area contributed by atoms with Gasteiger partial charge in [0.1, 0.15) is 24.3 Å². The van der Waals surface area contributed by atoms with Crippen molar-refractivity contribution in [2.75, 3.05) is 6.61 Å². The summed E-state index contributed by atoms with van der Waals surface area (Å²) in [5.41, 5.74) is 1.01. The Morgan fingerprint density at radius 2 is 1.33 bits per heavy atom. The molecule has 0 saturated carbocycles. The van der Waals surface area contributed by atoms with Crippen molar-refractivity contribution < 1.29 is 56.8 Å². The number of hydrogen-bond donors (Lipinski definition) is 1. The van der Waals surface area contributed by atoms with Crippen LogP contribution in [0, 0.1) is 5.82 Å². The summed E-state index contributed by atoms with van der Waals surface area (Å²) in [6.07, 6.45) is -6.58. The van der Waals surface area contributed by atoms with Crippen molar-refractivity contribution in [1.29, 1.82) is 0 Å². The van der Waals surface area contributed by atoms with Gasteiger partial charge in [-0.3, -0.25) is 24.0 Å². The maximum atomic E-state index is 13.2. The van der Waals surface area contributed by atoms with Gasteiger partial charge in [0.15, 0.2) is 12.2 Å². The lowest BCUT2D eigenvalue weighted by molar-refractivity contribution is -0.288. The van der Waals surface area contributed by atoms with Crippen LogP contribution in [-0.4, -0.2) is 67.1 Å². The summed E-state index contributed by atoms with van der Waals surface area (Å²) in [5, 5.41) is 2.82. The Balaban J connectivity index is 1.83. The van der Waals surface area contributed by atoms with Crippen molar-refractivity contribution in [3.05, 3.63) is 65.5 Å². The van der Waals surface area contributed by atoms with Gasteiger partial charge in [-0.2, -0.15) is 0 Å². The number of carbonyl (C=O) groups is 5. The first-order valence-corrected chi connectivity index (χ1v) is 13.0. The van der Waals surface area contributed by atoms with Crippen LogP contribution in [0.15, 0.2) is 48.5 Å². The lowest BCUT2D eigenvalue weighted by Crippen LogP contribution is -2.63. The maximum absolute atomic E-state index is 13.2. The highest BCUT2D eigenvalue weighted by Gasteiger charge is 2.53. The van der Waals surface area contributed by atoms with Crippen LogP contribution in [-0.2, 0) is 42.9 Å². The van der Waals surface area contributed by atoms with Gasteiger partial charge in [0.25, 0.3) is 5.91 Å². The van der Waals surface area contributed by atoms with Crippen molar-refractivity contribution in [3.8, 4) is 5.75 Å².